The second-order valence-corrected chi connectivity index (χ2v) is 18.4. The Labute approximate surface area is 227 Å². The van der Waals surface area contributed by atoms with Gasteiger partial charge in [-0.3, -0.25) is 4.57 Å². The van der Waals surface area contributed by atoms with Gasteiger partial charge >= 0.3 is 12.1 Å². The van der Waals surface area contributed by atoms with Crippen molar-refractivity contribution in [3.8, 4) is 0 Å². The van der Waals surface area contributed by atoms with Gasteiger partial charge < -0.3 is 25.2 Å². The van der Waals surface area contributed by atoms with Crippen LogP contribution in [0.15, 0.2) is 12.3 Å². The van der Waals surface area contributed by atoms with Gasteiger partial charge in [0.2, 0.25) is 0 Å². The number of aromatic nitrogens is 2. The fraction of sp³-hybridized carbons (Fsp3) is 0.640. The normalized spacial score (nSPS) is 18.8. The Kier molecular flexibility index (Phi) is 9.31. The standard InChI is InChI=1S/C25H39IN4O5Si/c1-25(2,3)35-24(33)29-17-9-7-16(8-10-17)28-21-18-13-20(26)30(15-34-11-12-36(4,5)6)22(18)27-14-19(21)23(31)32/h13-14,16-17H,7-12,15H2,1-6H3,(H,27,28)(H,29,33)(H,31,32)/t16-,17-. The van der Waals surface area contributed by atoms with E-state index in [2.05, 4.69) is 57.8 Å². The highest BCUT2D eigenvalue weighted by atomic mass is 127. The lowest BCUT2D eigenvalue weighted by Crippen LogP contribution is -2.42. The Morgan fingerprint density at radius 1 is 1.19 bits per heavy atom. The number of hydrogen-bond acceptors (Lipinski definition) is 6. The molecule has 2 heterocycles. The summed E-state index contributed by atoms with van der Waals surface area (Å²) in [6.07, 6.45) is 4.22. The Hall–Kier alpha value is -1.86. The maximum Gasteiger partial charge on any atom is 0.407 e. The van der Waals surface area contributed by atoms with Crippen molar-refractivity contribution >= 4 is 59.4 Å². The van der Waals surface area contributed by atoms with Crippen LogP contribution < -0.4 is 10.6 Å². The van der Waals surface area contributed by atoms with Crippen molar-refractivity contribution < 1.29 is 24.2 Å². The van der Waals surface area contributed by atoms with Crippen molar-refractivity contribution in [1.82, 2.24) is 14.9 Å². The van der Waals surface area contributed by atoms with Crippen molar-refractivity contribution in [3.63, 3.8) is 0 Å². The van der Waals surface area contributed by atoms with Crippen LogP contribution in [0.1, 0.15) is 56.8 Å². The third kappa shape index (κ3) is 8.07. The molecule has 3 rings (SSSR count). The van der Waals surface area contributed by atoms with Crippen LogP contribution in [0, 0.1) is 3.70 Å². The maximum atomic E-state index is 12.1. The van der Waals surface area contributed by atoms with Crippen LogP contribution in [0.3, 0.4) is 0 Å². The molecule has 0 aliphatic heterocycles. The lowest BCUT2D eigenvalue weighted by molar-refractivity contribution is 0.0491. The number of alkyl carbamates (subject to hydrolysis) is 1. The molecule has 0 unspecified atom stereocenters. The number of pyridine rings is 1. The molecule has 3 N–H and O–H groups in total. The number of nitrogens with one attached hydrogen (secondary N) is 2. The average Bonchev–Trinajstić information content (AvgIpc) is 3.06. The molecule has 9 nitrogen and oxygen atoms in total. The molecule has 2 aromatic rings. The van der Waals surface area contributed by atoms with Gasteiger partial charge in [0.15, 0.2) is 0 Å². The summed E-state index contributed by atoms with van der Waals surface area (Å²) in [4.78, 5) is 28.6. The summed E-state index contributed by atoms with van der Waals surface area (Å²) in [5.74, 6) is -1.01. The van der Waals surface area contributed by atoms with Crippen molar-refractivity contribution in [1.29, 1.82) is 0 Å². The Balaban J connectivity index is 1.71. The molecular formula is C25H39IN4O5Si. The van der Waals surface area contributed by atoms with Crippen molar-refractivity contribution in [2.24, 2.45) is 0 Å². The molecular weight excluding hydrogens is 591 g/mol. The molecule has 0 saturated heterocycles. The third-order valence-electron chi connectivity index (χ3n) is 6.12. The first-order valence-electron chi connectivity index (χ1n) is 12.5. The van der Waals surface area contributed by atoms with Gasteiger partial charge in [0.05, 0.1) is 9.39 Å². The largest absolute Gasteiger partial charge is 0.478 e. The molecule has 1 fully saturated rings. The maximum absolute atomic E-state index is 12.1. The topological polar surface area (TPSA) is 115 Å². The van der Waals surface area contributed by atoms with Crippen molar-refractivity contribution in [3.05, 3.63) is 21.5 Å². The molecule has 0 atom stereocenters. The van der Waals surface area contributed by atoms with E-state index in [9.17, 15) is 14.7 Å². The first-order chi connectivity index (χ1) is 16.7. The number of amides is 1. The number of carboxylic acids is 1. The van der Waals surface area contributed by atoms with E-state index in [1.54, 1.807) is 0 Å². The van der Waals surface area contributed by atoms with Gasteiger partial charge in [-0.05, 0) is 81.2 Å². The molecule has 200 valence electrons. The van der Waals surface area contributed by atoms with E-state index in [1.165, 1.54) is 6.20 Å². The Morgan fingerprint density at radius 2 is 1.83 bits per heavy atom. The summed E-state index contributed by atoms with van der Waals surface area (Å²) in [5.41, 5.74) is 0.926. The SMILES string of the molecule is CC(C)(C)OC(=O)N[C@H]1CC[C@H](Nc2c(C(=O)O)cnc3c2cc(I)n3COCC[Si](C)(C)C)CC1. The van der Waals surface area contributed by atoms with E-state index >= 15 is 0 Å². The number of hydrogen-bond donors (Lipinski definition) is 3. The van der Waals surface area contributed by atoms with Crippen molar-refractivity contribution in [2.75, 3.05) is 11.9 Å². The van der Waals surface area contributed by atoms with Crippen LogP contribution in [0.5, 0.6) is 0 Å². The van der Waals surface area contributed by atoms with Crippen LogP contribution in [0.2, 0.25) is 25.7 Å². The molecule has 2 aromatic heterocycles. The average molecular weight is 631 g/mol. The number of nitrogens with zero attached hydrogens (tertiary/aromatic N) is 2. The highest BCUT2D eigenvalue weighted by Crippen LogP contribution is 2.32. The number of carbonyl (C=O) groups is 2. The molecule has 0 radical (unpaired) electrons. The van der Waals surface area contributed by atoms with Crippen molar-refractivity contribution in [2.45, 2.75) is 96.6 Å². The quantitative estimate of drug-likeness (QED) is 0.180. The minimum Gasteiger partial charge on any atom is -0.478 e. The van der Waals surface area contributed by atoms with E-state index in [0.717, 1.165) is 40.8 Å². The van der Waals surface area contributed by atoms with Gasteiger partial charge in [0.1, 0.15) is 23.5 Å². The highest BCUT2D eigenvalue weighted by Gasteiger charge is 2.27. The van der Waals surface area contributed by atoms with Gasteiger partial charge in [-0.15, -0.1) is 0 Å². The summed E-state index contributed by atoms with van der Waals surface area (Å²) >= 11 is 2.25. The minimum atomic E-state index is -1.18. The molecule has 1 amide bonds. The number of anilines is 1. The van der Waals surface area contributed by atoms with Gasteiger partial charge in [-0.25, -0.2) is 14.6 Å². The molecule has 36 heavy (non-hydrogen) atoms. The summed E-state index contributed by atoms with van der Waals surface area (Å²) < 4.78 is 14.3. The minimum absolute atomic E-state index is 0.0460. The summed E-state index contributed by atoms with van der Waals surface area (Å²) in [6, 6.07) is 3.19. The molecule has 0 spiro atoms. The predicted molar refractivity (Wildman–Crippen MR) is 153 cm³/mol. The monoisotopic (exact) mass is 630 g/mol. The molecule has 11 heteroatoms. The lowest BCUT2D eigenvalue weighted by atomic mass is 9.91. The highest BCUT2D eigenvalue weighted by molar-refractivity contribution is 14.1. The summed E-state index contributed by atoms with van der Waals surface area (Å²) in [7, 11) is -1.18. The van der Waals surface area contributed by atoms with Gasteiger partial charge in [-0.1, -0.05) is 19.6 Å². The number of aromatic carboxylic acids is 1. The number of ether oxygens (including phenoxy) is 2. The number of carboxylic acid groups (broad SMARTS) is 1. The van der Waals surface area contributed by atoms with Crippen LogP contribution in [0.4, 0.5) is 10.5 Å². The van der Waals surface area contributed by atoms with Crippen LogP contribution in [-0.4, -0.2) is 59.1 Å². The summed E-state index contributed by atoms with van der Waals surface area (Å²) in [6.45, 7) is 13.6. The number of fused-ring (bicyclic) bond motifs is 1. The van der Waals surface area contributed by atoms with Gasteiger partial charge in [0.25, 0.3) is 0 Å². The van der Waals surface area contributed by atoms with E-state index in [1.807, 2.05) is 31.4 Å². The molecule has 1 saturated carbocycles. The first-order valence-corrected chi connectivity index (χ1v) is 17.3. The zero-order valence-corrected chi connectivity index (χ0v) is 25.3. The van der Waals surface area contributed by atoms with E-state index in [4.69, 9.17) is 9.47 Å². The number of rotatable bonds is 9. The zero-order valence-electron chi connectivity index (χ0n) is 22.1. The molecule has 1 aliphatic rings. The second kappa shape index (κ2) is 11.7. The third-order valence-corrected chi connectivity index (χ3v) is 8.71. The number of halogens is 1. The fourth-order valence-electron chi connectivity index (χ4n) is 4.20. The zero-order chi connectivity index (χ0) is 26.7. The van der Waals surface area contributed by atoms with E-state index in [0.29, 0.717) is 24.7 Å². The smallest absolute Gasteiger partial charge is 0.407 e. The predicted octanol–water partition coefficient (Wildman–Crippen LogP) is 5.90. The summed E-state index contributed by atoms with van der Waals surface area (Å²) in [5, 5.41) is 17.1. The van der Waals surface area contributed by atoms with E-state index < -0.39 is 25.7 Å². The van der Waals surface area contributed by atoms with Gasteiger partial charge in [0, 0.05) is 38.3 Å². The van der Waals surface area contributed by atoms with Gasteiger partial charge in [-0.2, -0.15) is 0 Å². The van der Waals surface area contributed by atoms with Crippen LogP contribution in [-0.2, 0) is 16.2 Å². The van der Waals surface area contributed by atoms with Crippen LogP contribution >= 0.6 is 22.6 Å². The first kappa shape index (κ1) is 28.7. The Bertz CT molecular complexity index is 1080. The second-order valence-electron chi connectivity index (χ2n) is 11.7. The number of carbonyl (C=O) groups excluding carboxylic acids is 1. The lowest BCUT2D eigenvalue weighted by Gasteiger charge is -2.31. The Morgan fingerprint density at radius 3 is 2.42 bits per heavy atom. The van der Waals surface area contributed by atoms with Crippen LogP contribution in [0.25, 0.3) is 11.0 Å². The molecule has 1 aliphatic carbocycles. The van der Waals surface area contributed by atoms with E-state index in [-0.39, 0.29) is 17.6 Å². The molecule has 0 aromatic carbocycles. The molecule has 0 bridgehead atoms. The fourth-order valence-corrected chi connectivity index (χ4v) is 5.64.